The summed E-state index contributed by atoms with van der Waals surface area (Å²) in [6, 6.07) is 9.88. The topological polar surface area (TPSA) is 44.9 Å². The number of nitrogens with two attached hydrogens (primary N) is 1. The second-order valence-electron chi connectivity index (χ2n) is 4.63. The van der Waals surface area contributed by atoms with Gasteiger partial charge in [-0.05, 0) is 25.1 Å². The molecule has 1 aliphatic heterocycles. The van der Waals surface area contributed by atoms with E-state index in [0.717, 1.165) is 31.9 Å². The third-order valence-electron chi connectivity index (χ3n) is 3.24. The van der Waals surface area contributed by atoms with Crippen LogP contribution in [0.15, 0.2) is 35.3 Å². The second kappa shape index (κ2) is 6.40. The van der Waals surface area contributed by atoms with Crippen molar-refractivity contribution in [3.8, 4) is 0 Å². The number of para-hydroxylation sites is 1. The first kappa shape index (κ1) is 12.9. The lowest BCUT2D eigenvalue weighted by Crippen LogP contribution is -2.51. The van der Waals surface area contributed by atoms with Crippen molar-refractivity contribution in [3.63, 3.8) is 0 Å². The van der Waals surface area contributed by atoms with Gasteiger partial charge in [-0.25, -0.2) is 4.99 Å². The minimum atomic E-state index is 0.636. The normalized spacial score (nSPS) is 18.1. The van der Waals surface area contributed by atoms with Crippen LogP contribution in [0.25, 0.3) is 0 Å². The van der Waals surface area contributed by atoms with Gasteiger partial charge in [0.1, 0.15) is 0 Å². The van der Waals surface area contributed by atoms with Crippen LogP contribution in [0.1, 0.15) is 13.3 Å². The van der Waals surface area contributed by atoms with Crippen LogP contribution in [0.2, 0.25) is 0 Å². The molecule has 0 aromatic heterocycles. The number of hydrogen-bond acceptors (Lipinski definition) is 2. The van der Waals surface area contributed by atoms with Crippen LogP contribution in [0.3, 0.4) is 0 Å². The SMILES string of the molecule is CCCN1CCN(C(N)=Nc2ccccc2)CC1. The molecule has 1 heterocycles. The predicted molar refractivity (Wildman–Crippen MR) is 76.0 cm³/mol. The van der Waals surface area contributed by atoms with Crippen LogP contribution >= 0.6 is 0 Å². The summed E-state index contributed by atoms with van der Waals surface area (Å²) in [6.45, 7) is 7.52. The van der Waals surface area contributed by atoms with E-state index in [9.17, 15) is 0 Å². The summed E-state index contributed by atoms with van der Waals surface area (Å²) in [5.74, 6) is 0.636. The number of benzene rings is 1. The molecule has 1 aromatic carbocycles. The standard InChI is InChI=1S/C14H22N4/c1-2-8-17-9-11-18(12-10-17)14(15)16-13-6-4-3-5-7-13/h3-7H,2,8-12H2,1H3,(H2,15,16). The molecule has 4 heteroatoms. The van der Waals surface area contributed by atoms with E-state index < -0.39 is 0 Å². The smallest absolute Gasteiger partial charge is 0.196 e. The highest BCUT2D eigenvalue weighted by Crippen LogP contribution is 2.11. The average molecular weight is 246 g/mol. The number of rotatable bonds is 3. The molecule has 0 saturated carbocycles. The Labute approximate surface area is 109 Å². The van der Waals surface area contributed by atoms with Gasteiger partial charge in [0.2, 0.25) is 0 Å². The second-order valence-corrected chi connectivity index (χ2v) is 4.63. The highest BCUT2D eigenvalue weighted by atomic mass is 15.3. The van der Waals surface area contributed by atoms with Crippen molar-refractivity contribution in [1.29, 1.82) is 0 Å². The molecule has 1 aromatic rings. The van der Waals surface area contributed by atoms with Crippen LogP contribution in [0.5, 0.6) is 0 Å². The number of piperazine rings is 1. The number of aliphatic imine (C=N–C) groups is 1. The van der Waals surface area contributed by atoms with Gasteiger partial charge in [-0.1, -0.05) is 25.1 Å². The van der Waals surface area contributed by atoms with Gasteiger partial charge in [0.05, 0.1) is 5.69 Å². The van der Waals surface area contributed by atoms with Gasteiger partial charge in [0.25, 0.3) is 0 Å². The molecule has 1 fully saturated rings. The summed E-state index contributed by atoms with van der Waals surface area (Å²) in [7, 11) is 0. The zero-order valence-electron chi connectivity index (χ0n) is 11.0. The van der Waals surface area contributed by atoms with Crippen molar-refractivity contribution in [2.24, 2.45) is 10.7 Å². The monoisotopic (exact) mass is 246 g/mol. The Morgan fingerprint density at radius 2 is 1.83 bits per heavy atom. The van der Waals surface area contributed by atoms with Gasteiger partial charge in [-0.3, -0.25) is 4.90 Å². The van der Waals surface area contributed by atoms with Crippen LogP contribution in [-0.2, 0) is 0 Å². The van der Waals surface area contributed by atoms with Crippen LogP contribution < -0.4 is 5.73 Å². The third kappa shape index (κ3) is 3.47. The lowest BCUT2D eigenvalue weighted by molar-refractivity contribution is 0.181. The van der Waals surface area contributed by atoms with Gasteiger partial charge in [-0.15, -0.1) is 0 Å². The van der Waals surface area contributed by atoms with Crippen LogP contribution in [-0.4, -0.2) is 48.5 Å². The van der Waals surface area contributed by atoms with Gasteiger partial charge < -0.3 is 10.6 Å². The highest BCUT2D eigenvalue weighted by molar-refractivity contribution is 5.81. The Morgan fingerprint density at radius 3 is 2.44 bits per heavy atom. The van der Waals surface area contributed by atoms with E-state index in [-0.39, 0.29) is 0 Å². The molecule has 1 aliphatic rings. The lowest BCUT2D eigenvalue weighted by atomic mass is 10.3. The fourth-order valence-corrected chi connectivity index (χ4v) is 2.22. The zero-order chi connectivity index (χ0) is 12.8. The van der Waals surface area contributed by atoms with E-state index in [1.165, 1.54) is 13.0 Å². The molecule has 2 N–H and O–H groups in total. The average Bonchev–Trinajstić information content (AvgIpc) is 2.41. The summed E-state index contributed by atoms with van der Waals surface area (Å²) < 4.78 is 0. The molecule has 98 valence electrons. The Hall–Kier alpha value is -1.55. The first-order valence-electron chi connectivity index (χ1n) is 6.66. The number of nitrogens with zero attached hydrogens (tertiary/aromatic N) is 3. The summed E-state index contributed by atoms with van der Waals surface area (Å²) >= 11 is 0. The quantitative estimate of drug-likeness (QED) is 0.651. The molecule has 4 nitrogen and oxygen atoms in total. The Kier molecular flexibility index (Phi) is 4.59. The molecule has 18 heavy (non-hydrogen) atoms. The van der Waals surface area contributed by atoms with E-state index in [2.05, 4.69) is 21.7 Å². The van der Waals surface area contributed by atoms with Gasteiger partial charge in [0, 0.05) is 26.2 Å². The summed E-state index contributed by atoms with van der Waals surface area (Å²) in [5.41, 5.74) is 6.98. The van der Waals surface area contributed by atoms with Crippen molar-refractivity contribution in [3.05, 3.63) is 30.3 Å². The van der Waals surface area contributed by atoms with Crippen molar-refractivity contribution in [2.75, 3.05) is 32.7 Å². The molecular formula is C14H22N4. The summed E-state index contributed by atoms with van der Waals surface area (Å²) in [5, 5.41) is 0. The fraction of sp³-hybridized carbons (Fsp3) is 0.500. The van der Waals surface area contributed by atoms with E-state index in [1.807, 2.05) is 30.3 Å². The van der Waals surface area contributed by atoms with Crippen molar-refractivity contribution < 1.29 is 0 Å². The van der Waals surface area contributed by atoms with Crippen LogP contribution in [0, 0.1) is 0 Å². The Balaban J connectivity index is 1.91. The molecule has 0 bridgehead atoms. The highest BCUT2D eigenvalue weighted by Gasteiger charge is 2.17. The van der Waals surface area contributed by atoms with Gasteiger partial charge in [-0.2, -0.15) is 0 Å². The zero-order valence-corrected chi connectivity index (χ0v) is 11.0. The van der Waals surface area contributed by atoms with Gasteiger partial charge in [0.15, 0.2) is 5.96 Å². The molecular weight excluding hydrogens is 224 g/mol. The van der Waals surface area contributed by atoms with Crippen molar-refractivity contribution in [2.45, 2.75) is 13.3 Å². The summed E-state index contributed by atoms with van der Waals surface area (Å²) in [4.78, 5) is 9.10. The minimum absolute atomic E-state index is 0.636. The lowest BCUT2D eigenvalue weighted by Gasteiger charge is -2.35. The molecule has 2 rings (SSSR count). The van der Waals surface area contributed by atoms with E-state index in [1.54, 1.807) is 0 Å². The predicted octanol–water partition coefficient (Wildman–Crippen LogP) is 1.66. The first-order chi connectivity index (χ1) is 8.79. The maximum atomic E-state index is 6.06. The van der Waals surface area contributed by atoms with Crippen molar-refractivity contribution in [1.82, 2.24) is 9.80 Å². The third-order valence-corrected chi connectivity index (χ3v) is 3.24. The molecule has 0 spiro atoms. The fourth-order valence-electron chi connectivity index (χ4n) is 2.22. The first-order valence-corrected chi connectivity index (χ1v) is 6.66. The number of hydrogen-bond donors (Lipinski definition) is 1. The molecule has 0 atom stereocenters. The molecule has 1 saturated heterocycles. The molecule has 0 unspecified atom stereocenters. The Bertz CT molecular complexity index is 380. The number of guanidine groups is 1. The van der Waals surface area contributed by atoms with Gasteiger partial charge >= 0.3 is 0 Å². The maximum absolute atomic E-state index is 6.06. The molecule has 0 aliphatic carbocycles. The Morgan fingerprint density at radius 1 is 1.17 bits per heavy atom. The summed E-state index contributed by atoms with van der Waals surface area (Å²) in [6.07, 6.45) is 1.22. The van der Waals surface area contributed by atoms with E-state index in [4.69, 9.17) is 5.73 Å². The minimum Gasteiger partial charge on any atom is -0.369 e. The molecule has 0 radical (unpaired) electrons. The van der Waals surface area contributed by atoms with E-state index in [0.29, 0.717) is 5.96 Å². The van der Waals surface area contributed by atoms with Crippen molar-refractivity contribution >= 4 is 11.6 Å². The molecule has 0 amide bonds. The largest absolute Gasteiger partial charge is 0.369 e. The van der Waals surface area contributed by atoms with Crippen LogP contribution in [0.4, 0.5) is 5.69 Å². The van der Waals surface area contributed by atoms with E-state index >= 15 is 0 Å². The maximum Gasteiger partial charge on any atom is 0.196 e.